The fourth-order valence-corrected chi connectivity index (χ4v) is 3.05. The van der Waals surface area contributed by atoms with E-state index < -0.39 is 0 Å². The van der Waals surface area contributed by atoms with Crippen molar-refractivity contribution in [2.75, 3.05) is 0 Å². The van der Waals surface area contributed by atoms with E-state index in [1.54, 1.807) is 0 Å². The summed E-state index contributed by atoms with van der Waals surface area (Å²) in [4.78, 5) is 2.78. The van der Waals surface area contributed by atoms with Crippen molar-refractivity contribution >= 4 is 11.3 Å². The summed E-state index contributed by atoms with van der Waals surface area (Å²) in [5.41, 5.74) is 8.43. The maximum atomic E-state index is 6.25. The molecule has 0 saturated heterocycles. The van der Waals surface area contributed by atoms with Crippen molar-refractivity contribution in [3.63, 3.8) is 0 Å². The molecule has 0 fully saturated rings. The van der Waals surface area contributed by atoms with Crippen molar-refractivity contribution in [1.82, 2.24) is 9.78 Å². The zero-order valence-electron chi connectivity index (χ0n) is 10.6. The molecular formula is C13H19N3S. The number of aryl methyl sites for hydroxylation is 3. The largest absolute Gasteiger partial charge is 0.324 e. The lowest BCUT2D eigenvalue weighted by Gasteiger charge is -2.08. The Hall–Kier alpha value is -1.13. The maximum absolute atomic E-state index is 6.25. The molecular weight excluding hydrogens is 230 g/mol. The molecule has 2 aromatic heterocycles. The Morgan fingerprint density at radius 2 is 2.12 bits per heavy atom. The number of nitrogens with zero attached hydrogens (tertiary/aromatic N) is 2. The van der Waals surface area contributed by atoms with Crippen molar-refractivity contribution in [2.45, 2.75) is 32.7 Å². The first-order chi connectivity index (χ1) is 8.10. The SMILES string of the molecule is CCc1ccc(CC(N)c2cn(C)nc2C)s1. The predicted molar refractivity (Wildman–Crippen MR) is 72.3 cm³/mol. The van der Waals surface area contributed by atoms with Crippen molar-refractivity contribution in [3.05, 3.63) is 39.3 Å². The molecule has 17 heavy (non-hydrogen) atoms. The lowest BCUT2D eigenvalue weighted by molar-refractivity contribution is 0.722. The van der Waals surface area contributed by atoms with Gasteiger partial charge in [-0.3, -0.25) is 4.68 Å². The van der Waals surface area contributed by atoms with Gasteiger partial charge < -0.3 is 5.73 Å². The molecule has 0 saturated carbocycles. The number of nitrogens with two attached hydrogens (primary N) is 1. The van der Waals surface area contributed by atoms with Crippen LogP contribution < -0.4 is 5.73 Å². The summed E-state index contributed by atoms with van der Waals surface area (Å²) in [7, 11) is 1.93. The van der Waals surface area contributed by atoms with Gasteiger partial charge in [0.1, 0.15) is 0 Å². The summed E-state index contributed by atoms with van der Waals surface area (Å²) < 4.78 is 1.83. The summed E-state index contributed by atoms with van der Waals surface area (Å²) in [6, 6.07) is 4.43. The van der Waals surface area contributed by atoms with Gasteiger partial charge in [-0.05, 0) is 25.5 Å². The summed E-state index contributed by atoms with van der Waals surface area (Å²) in [6.07, 6.45) is 4.03. The fraction of sp³-hybridized carbons (Fsp3) is 0.462. The van der Waals surface area contributed by atoms with Crippen LogP contribution in [-0.2, 0) is 19.9 Å². The molecule has 2 heterocycles. The monoisotopic (exact) mass is 249 g/mol. The van der Waals surface area contributed by atoms with Crippen LogP contribution in [0.3, 0.4) is 0 Å². The van der Waals surface area contributed by atoms with Gasteiger partial charge in [0.15, 0.2) is 0 Å². The summed E-state index contributed by atoms with van der Waals surface area (Å²) in [5, 5.41) is 4.34. The van der Waals surface area contributed by atoms with E-state index in [1.807, 2.05) is 36.2 Å². The third-order valence-corrected chi connectivity index (χ3v) is 4.19. The van der Waals surface area contributed by atoms with E-state index in [2.05, 4.69) is 24.2 Å². The van der Waals surface area contributed by atoms with E-state index in [9.17, 15) is 0 Å². The van der Waals surface area contributed by atoms with Gasteiger partial charge in [-0.2, -0.15) is 5.10 Å². The summed E-state index contributed by atoms with van der Waals surface area (Å²) >= 11 is 1.86. The van der Waals surface area contributed by atoms with E-state index in [4.69, 9.17) is 5.73 Å². The second kappa shape index (κ2) is 5.02. The third-order valence-electron chi connectivity index (χ3n) is 2.94. The van der Waals surface area contributed by atoms with Gasteiger partial charge in [0, 0.05) is 41.0 Å². The van der Waals surface area contributed by atoms with Gasteiger partial charge in [-0.1, -0.05) is 6.92 Å². The molecule has 4 heteroatoms. The molecule has 0 radical (unpaired) electrons. The highest BCUT2D eigenvalue weighted by Gasteiger charge is 2.13. The van der Waals surface area contributed by atoms with E-state index in [0.29, 0.717) is 0 Å². The molecule has 2 aromatic rings. The number of aromatic nitrogens is 2. The molecule has 2 rings (SSSR count). The molecule has 0 spiro atoms. The van der Waals surface area contributed by atoms with Gasteiger partial charge in [-0.15, -0.1) is 11.3 Å². The van der Waals surface area contributed by atoms with E-state index in [1.165, 1.54) is 9.75 Å². The van der Waals surface area contributed by atoms with Crippen molar-refractivity contribution in [3.8, 4) is 0 Å². The second-order valence-electron chi connectivity index (χ2n) is 4.38. The average molecular weight is 249 g/mol. The highest BCUT2D eigenvalue weighted by Crippen LogP contribution is 2.24. The van der Waals surface area contributed by atoms with Gasteiger partial charge in [0.05, 0.1) is 5.69 Å². The van der Waals surface area contributed by atoms with Crippen LogP contribution in [0.4, 0.5) is 0 Å². The lowest BCUT2D eigenvalue weighted by atomic mass is 10.1. The van der Waals surface area contributed by atoms with Gasteiger partial charge in [-0.25, -0.2) is 0 Å². The first kappa shape index (κ1) is 12.3. The van der Waals surface area contributed by atoms with Crippen LogP contribution in [0.5, 0.6) is 0 Å². The fourth-order valence-electron chi connectivity index (χ4n) is 2.03. The van der Waals surface area contributed by atoms with E-state index in [0.717, 1.165) is 24.1 Å². The zero-order chi connectivity index (χ0) is 12.4. The first-order valence-corrected chi connectivity index (χ1v) is 6.75. The Morgan fingerprint density at radius 3 is 2.65 bits per heavy atom. The van der Waals surface area contributed by atoms with E-state index in [-0.39, 0.29) is 6.04 Å². The van der Waals surface area contributed by atoms with Crippen LogP contribution in [0.15, 0.2) is 18.3 Å². The van der Waals surface area contributed by atoms with Gasteiger partial charge >= 0.3 is 0 Å². The summed E-state index contributed by atoms with van der Waals surface area (Å²) in [5.74, 6) is 0. The standard InChI is InChI=1S/C13H19N3S/c1-4-10-5-6-11(17-10)7-13(14)12-8-16(3)15-9(12)2/h5-6,8,13H,4,7,14H2,1-3H3. The molecule has 1 atom stereocenters. The third kappa shape index (κ3) is 2.76. The second-order valence-corrected chi connectivity index (χ2v) is 5.63. The number of rotatable bonds is 4. The zero-order valence-corrected chi connectivity index (χ0v) is 11.4. The first-order valence-electron chi connectivity index (χ1n) is 5.93. The number of thiophene rings is 1. The van der Waals surface area contributed by atoms with Crippen LogP contribution in [0.25, 0.3) is 0 Å². The lowest BCUT2D eigenvalue weighted by Crippen LogP contribution is -2.13. The molecule has 1 unspecified atom stereocenters. The summed E-state index contributed by atoms with van der Waals surface area (Å²) in [6.45, 7) is 4.20. The average Bonchev–Trinajstić information content (AvgIpc) is 2.85. The molecule has 0 amide bonds. The molecule has 3 nitrogen and oxygen atoms in total. The predicted octanol–water partition coefficient (Wildman–Crippen LogP) is 2.59. The quantitative estimate of drug-likeness (QED) is 0.905. The topological polar surface area (TPSA) is 43.8 Å². The molecule has 92 valence electrons. The van der Waals surface area contributed by atoms with Gasteiger partial charge in [0.25, 0.3) is 0 Å². The maximum Gasteiger partial charge on any atom is 0.0641 e. The molecule has 0 aromatic carbocycles. The van der Waals surface area contributed by atoms with Crippen molar-refractivity contribution in [2.24, 2.45) is 12.8 Å². The number of hydrogen-bond acceptors (Lipinski definition) is 3. The smallest absolute Gasteiger partial charge is 0.0641 e. The Bertz CT molecular complexity index is 498. The Balaban J connectivity index is 2.11. The minimum Gasteiger partial charge on any atom is -0.324 e. The minimum atomic E-state index is 0.0482. The Kier molecular flexibility index (Phi) is 3.64. The Morgan fingerprint density at radius 1 is 1.41 bits per heavy atom. The highest BCUT2D eigenvalue weighted by molar-refractivity contribution is 7.11. The van der Waals surface area contributed by atoms with Crippen LogP contribution >= 0.6 is 11.3 Å². The van der Waals surface area contributed by atoms with Crippen LogP contribution in [-0.4, -0.2) is 9.78 Å². The molecule has 0 bridgehead atoms. The molecule has 0 aliphatic carbocycles. The van der Waals surface area contributed by atoms with Crippen LogP contribution in [0.1, 0.15) is 34.0 Å². The molecule has 0 aliphatic rings. The van der Waals surface area contributed by atoms with Crippen molar-refractivity contribution in [1.29, 1.82) is 0 Å². The molecule has 0 aliphatic heterocycles. The minimum absolute atomic E-state index is 0.0482. The number of hydrogen-bond donors (Lipinski definition) is 1. The molecule has 2 N–H and O–H groups in total. The van der Waals surface area contributed by atoms with Crippen LogP contribution in [0.2, 0.25) is 0 Å². The van der Waals surface area contributed by atoms with Gasteiger partial charge in [0.2, 0.25) is 0 Å². The van der Waals surface area contributed by atoms with E-state index >= 15 is 0 Å². The Labute approximate surface area is 106 Å². The highest BCUT2D eigenvalue weighted by atomic mass is 32.1. The van der Waals surface area contributed by atoms with Crippen LogP contribution in [0, 0.1) is 6.92 Å². The normalized spacial score (nSPS) is 12.9. The van der Waals surface area contributed by atoms with Crippen molar-refractivity contribution < 1.29 is 0 Å².